The number of hydrogen-bond donors (Lipinski definition) is 1. The minimum absolute atomic E-state index is 0.0200. The zero-order valence-corrected chi connectivity index (χ0v) is 14.6. The van der Waals surface area contributed by atoms with E-state index in [2.05, 4.69) is 34.6 Å². The van der Waals surface area contributed by atoms with E-state index in [-0.39, 0.29) is 11.2 Å². The van der Waals surface area contributed by atoms with Gasteiger partial charge in [-0.3, -0.25) is 4.79 Å². The summed E-state index contributed by atoms with van der Waals surface area (Å²) in [5.41, 5.74) is 2.33. The Labute approximate surface area is 140 Å². The first-order valence-corrected chi connectivity index (χ1v) is 8.81. The highest BCUT2D eigenvalue weighted by molar-refractivity contribution is 8.00. The molecule has 0 radical (unpaired) electrons. The fourth-order valence-electron chi connectivity index (χ4n) is 2.38. The summed E-state index contributed by atoms with van der Waals surface area (Å²) in [6.45, 7) is 4.51. The Bertz CT molecular complexity index is 691. The number of carbonyl (C=O) groups is 1. The molecule has 1 saturated carbocycles. The first-order valence-electron chi connectivity index (χ1n) is 7.94. The Morgan fingerprint density at radius 2 is 2.04 bits per heavy atom. The molecule has 1 aromatic carbocycles. The van der Waals surface area contributed by atoms with Crippen LogP contribution >= 0.6 is 11.8 Å². The van der Waals surface area contributed by atoms with Gasteiger partial charge in [-0.1, -0.05) is 41.6 Å². The molecule has 3 rings (SSSR count). The summed E-state index contributed by atoms with van der Waals surface area (Å²) in [7, 11) is 1.98. The van der Waals surface area contributed by atoms with Crippen molar-refractivity contribution in [3.8, 4) is 0 Å². The highest BCUT2D eigenvalue weighted by atomic mass is 32.2. The number of amides is 1. The molecule has 1 fully saturated rings. The van der Waals surface area contributed by atoms with Gasteiger partial charge in [-0.15, -0.1) is 10.2 Å². The Morgan fingerprint density at radius 3 is 2.70 bits per heavy atom. The smallest absolute Gasteiger partial charge is 0.233 e. The van der Waals surface area contributed by atoms with Crippen LogP contribution in [0.5, 0.6) is 0 Å². The van der Waals surface area contributed by atoms with E-state index in [1.165, 1.54) is 30.2 Å². The van der Waals surface area contributed by atoms with E-state index in [4.69, 9.17) is 0 Å². The lowest BCUT2D eigenvalue weighted by atomic mass is 10.1. The quantitative estimate of drug-likeness (QED) is 0.828. The molecule has 2 aromatic rings. The zero-order chi connectivity index (χ0) is 16.4. The molecule has 0 aliphatic heterocycles. The van der Waals surface area contributed by atoms with Crippen molar-refractivity contribution in [1.82, 2.24) is 20.1 Å². The largest absolute Gasteiger partial charge is 0.351 e. The molecule has 0 spiro atoms. The number of nitrogens with zero attached hydrogens (tertiary/aromatic N) is 3. The van der Waals surface area contributed by atoms with Crippen LogP contribution in [0.3, 0.4) is 0 Å². The van der Waals surface area contributed by atoms with E-state index >= 15 is 0 Å². The van der Waals surface area contributed by atoms with E-state index in [1.807, 2.05) is 30.7 Å². The summed E-state index contributed by atoms with van der Waals surface area (Å²) in [5.74, 6) is 1.62. The number of hydrogen-bond acceptors (Lipinski definition) is 4. The molecule has 1 heterocycles. The van der Waals surface area contributed by atoms with Crippen LogP contribution in [0.1, 0.15) is 42.6 Å². The average molecular weight is 330 g/mol. The van der Waals surface area contributed by atoms with Gasteiger partial charge >= 0.3 is 0 Å². The summed E-state index contributed by atoms with van der Waals surface area (Å²) < 4.78 is 2.02. The lowest BCUT2D eigenvalue weighted by molar-refractivity contribution is -0.120. The topological polar surface area (TPSA) is 59.8 Å². The van der Waals surface area contributed by atoms with Crippen molar-refractivity contribution in [2.75, 3.05) is 0 Å². The maximum Gasteiger partial charge on any atom is 0.233 e. The van der Waals surface area contributed by atoms with Gasteiger partial charge in [0.2, 0.25) is 5.91 Å². The molecule has 6 heteroatoms. The fraction of sp³-hybridized carbons (Fsp3) is 0.471. The van der Waals surface area contributed by atoms with Crippen molar-refractivity contribution < 1.29 is 4.79 Å². The number of benzene rings is 1. The van der Waals surface area contributed by atoms with Gasteiger partial charge in [-0.2, -0.15) is 0 Å². The molecule has 1 aliphatic rings. The number of aryl methyl sites for hydroxylation is 1. The summed E-state index contributed by atoms with van der Waals surface area (Å²) in [6.07, 6.45) is 2.40. The van der Waals surface area contributed by atoms with E-state index in [0.717, 1.165) is 16.5 Å². The standard InChI is InChI=1S/C17H22N4OS/c1-11-4-6-13(7-5-11)10-18-16(22)12(2)23-17-20-19-15(21(17)3)14-8-9-14/h4-7,12,14H,8-10H2,1-3H3,(H,18,22)/t12-/m0/s1. The van der Waals surface area contributed by atoms with Gasteiger partial charge in [-0.25, -0.2) is 0 Å². The first-order chi connectivity index (χ1) is 11.0. The van der Waals surface area contributed by atoms with Gasteiger partial charge in [0.15, 0.2) is 5.16 Å². The third-order valence-corrected chi connectivity index (χ3v) is 5.18. The number of carbonyl (C=O) groups excluding carboxylic acids is 1. The number of nitrogens with one attached hydrogen (secondary N) is 1. The fourth-order valence-corrected chi connectivity index (χ4v) is 3.22. The molecule has 0 unspecified atom stereocenters. The van der Waals surface area contributed by atoms with Crippen molar-refractivity contribution in [2.24, 2.45) is 7.05 Å². The van der Waals surface area contributed by atoms with Crippen LogP contribution in [0, 0.1) is 6.92 Å². The minimum atomic E-state index is -0.199. The summed E-state index contributed by atoms with van der Waals surface area (Å²) >= 11 is 1.46. The molecule has 5 nitrogen and oxygen atoms in total. The van der Waals surface area contributed by atoms with E-state index in [9.17, 15) is 4.79 Å². The predicted molar refractivity (Wildman–Crippen MR) is 91.3 cm³/mol. The van der Waals surface area contributed by atoms with Crippen LogP contribution in [0.2, 0.25) is 0 Å². The molecule has 1 amide bonds. The monoisotopic (exact) mass is 330 g/mol. The summed E-state index contributed by atoms with van der Waals surface area (Å²) in [4.78, 5) is 12.3. The van der Waals surface area contributed by atoms with Crippen LogP contribution in [-0.4, -0.2) is 25.9 Å². The molecule has 0 saturated heterocycles. The number of thioether (sulfide) groups is 1. The van der Waals surface area contributed by atoms with Crippen molar-refractivity contribution in [2.45, 2.75) is 49.6 Å². The molecular formula is C17H22N4OS. The maximum atomic E-state index is 12.3. The van der Waals surface area contributed by atoms with Crippen molar-refractivity contribution >= 4 is 17.7 Å². The third-order valence-electron chi connectivity index (χ3n) is 4.05. The lowest BCUT2D eigenvalue weighted by Gasteiger charge is -2.12. The third kappa shape index (κ3) is 3.93. The Hall–Kier alpha value is -1.82. The Balaban J connectivity index is 1.54. The van der Waals surface area contributed by atoms with Gasteiger partial charge in [-0.05, 0) is 32.3 Å². The van der Waals surface area contributed by atoms with Crippen molar-refractivity contribution in [1.29, 1.82) is 0 Å². The number of aromatic nitrogens is 3. The van der Waals surface area contributed by atoms with Gasteiger partial charge in [0.25, 0.3) is 0 Å². The van der Waals surface area contributed by atoms with E-state index in [0.29, 0.717) is 12.5 Å². The van der Waals surface area contributed by atoms with Gasteiger partial charge < -0.3 is 9.88 Å². The molecule has 23 heavy (non-hydrogen) atoms. The normalized spacial score (nSPS) is 15.4. The van der Waals surface area contributed by atoms with Crippen LogP contribution in [0.4, 0.5) is 0 Å². The average Bonchev–Trinajstić information content (AvgIpc) is 3.32. The molecular weight excluding hydrogens is 308 g/mol. The maximum absolute atomic E-state index is 12.3. The van der Waals surface area contributed by atoms with Gasteiger partial charge in [0.1, 0.15) is 5.82 Å². The van der Waals surface area contributed by atoms with E-state index in [1.54, 1.807) is 0 Å². The van der Waals surface area contributed by atoms with Crippen molar-refractivity contribution in [3.05, 3.63) is 41.2 Å². The van der Waals surface area contributed by atoms with Gasteiger partial charge in [0, 0.05) is 19.5 Å². The summed E-state index contributed by atoms with van der Waals surface area (Å²) in [5, 5.41) is 12.1. The van der Waals surface area contributed by atoms with Crippen LogP contribution in [0.15, 0.2) is 29.4 Å². The van der Waals surface area contributed by atoms with Crippen molar-refractivity contribution in [3.63, 3.8) is 0 Å². The second-order valence-corrected chi connectivity index (χ2v) is 7.45. The molecule has 1 aromatic heterocycles. The first kappa shape index (κ1) is 16.1. The SMILES string of the molecule is Cc1ccc(CNC(=O)[C@H](C)Sc2nnc(C3CC3)n2C)cc1. The zero-order valence-electron chi connectivity index (χ0n) is 13.7. The number of rotatable bonds is 6. The van der Waals surface area contributed by atoms with E-state index < -0.39 is 0 Å². The molecule has 1 N–H and O–H groups in total. The van der Waals surface area contributed by atoms with Crippen LogP contribution in [0.25, 0.3) is 0 Å². The van der Waals surface area contributed by atoms with Gasteiger partial charge in [0.05, 0.1) is 5.25 Å². The van der Waals surface area contributed by atoms with Crippen LogP contribution < -0.4 is 5.32 Å². The molecule has 0 bridgehead atoms. The minimum Gasteiger partial charge on any atom is -0.351 e. The molecule has 1 atom stereocenters. The second kappa shape index (κ2) is 6.74. The summed E-state index contributed by atoms with van der Waals surface area (Å²) in [6, 6.07) is 8.19. The van der Waals surface area contributed by atoms with Crippen LogP contribution in [-0.2, 0) is 18.4 Å². The predicted octanol–water partition coefficient (Wildman–Crippen LogP) is 2.80. The highest BCUT2D eigenvalue weighted by Crippen LogP contribution is 2.39. The molecule has 122 valence electrons. The Kier molecular flexibility index (Phi) is 4.71. The molecule has 1 aliphatic carbocycles. The second-order valence-electron chi connectivity index (χ2n) is 6.14. The lowest BCUT2D eigenvalue weighted by Crippen LogP contribution is -2.30. The highest BCUT2D eigenvalue weighted by Gasteiger charge is 2.30. The Morgan fingerprint density at radius 1 is 1.35 bits per heavy atom.